The molecule has 5 nitrogen and oxygen atoms in total. The minimum atomic E-state index is -5.09. The average molecular weight is 521 g/mol. The number of carbonyl (C=O) groups is 2. The van der Waals surface area contributed by atoms with Crippen molar-refractivity contribution in [1.82, 2.24) is 9.88 Å². The van der Waals surface area contributed by atoms with Gasteiger partial charge in [-0.05, 0) is 66.9 Å². The van der Waals surface area contributed by atoms with Crippen LogP contribution in [-0.2, 0) is 17.1 Å². The lowest BCUT2D eigenvalue weighted by Gasteiger charge is -2.40. The number of rotatable bonds is 3. The Morgan fingerprint density at radius 3 is 2.08 bits per heavy atom. The molecule has 1 aliphatic heterocycles. The number of anilines is 1. The van der Waals surface area contributed by atoms with E-state index in [1.165, 1.54) is 25.2 Å². The van der Waals surface area contributed by atoms with E-state index in [1.54, 1.807) is 32.0 Å². The molecule has 0 fully saturated rings. The molecule has 4 rings (SSSR count). The van der Waals surface area contributed by atoms with Gasteiger partial charge in [0.05, 0.1) is 23.1 Å². The first-order valence-corrected chi connectivity index (χ1v) is 11.1. The number of halogens is 6. The van der Waals surface area contributed by atoms with Gasteiger partial charge >= 0.3 is 12.4 Å². The fraction of sp³-hybridized carbons (Fsp3) is 0.269. The Balaban J connectivity index is 1.91. The number of aromatic nitrogens is 1. The highest BCUT2D eigenvalue weighted by atomic mass is 19.4. The van der Waals surface area contributed by atoms with Crippen LogP contribution >= 0.6 is 0 Å². The highest BCUT2D eigenvalue weighted by Gasteiger charge is 2.45. The summed E-state index contributed by atoms with van der Waals surface area (Å²) in [6, 6.07) is 9.00. The number of alkyl halides is 6. The summed E-state index contributed by atoms with van der Waals surface area (Å²) >= 11 is 0. The third-order valence-electron chi connectivity index (χ3n) is 6.16. The Bertz CT molecular complexity index is 1330. The van der Waals surface area contributed by atoms with Crippen LogP contribution in [0, 0.1) is 13.8 Å². The third-order valence-corrected chi connectivity index (χ3v) is 6.16. The maximum absolute atomic E-state index is 13.6. The SMILES string of the molecule is Cc1cc(C)nc(NC(=O)C2c3ccccc3C(=O)N(C)C2c2cc(C(F)(F)F)cc(C(F)(F)F)c2)c1. The Labute approximate surface area is 208 Å². The van der Waals surface area contributed by atoms with Crippen LogP contribution in [0.25, 0.3) is 0 Å². The number of nitrogens with one attached hydrogen (secondary N) is 1. The second kappa shape index (κ2) is 9.20. The van der Waals surface area contributed by atoms with Gasteiger partial charge < -0.3 is 10.2 Å². The number of carbonyl (C=O) groups excluding carboxylic acids is 2. The van der Waals surface area contributed by atoms with Crippen molar-refractivity contribution < 1.29 is 35.9 Å². The molecule has 2 heterocycles. The van der Waals surface area contributed by atoms with Crippen LogP contribution in [0.1, 0.15) is 55.8 Å². The maximum Gasteiger partial charge on any atom is 0.416 e. The Hall–Kier alpha value is -3.89. The van der Waals surface area contributed by atoms with Gasteiger partial charge in [0.25, 0.3) is 5.91 Å². The molecule has 0 radical (unpaired) electrons. The lowest BCUT2D eigenvalue weighted by Crippen LogP contribution is -2.44. The van der Waals surface area contributed by atoms with Crippen molar-refractivity contribution >= 4 is 17.6 Å². The van der Waals surface area contributed by atoms with Crippen LogP contribution in [-0.4, -0.2) is 28.7 Å². The minimum absolute atomic E-state index is 0.0105. The van der Waals surface area contributed by atoms with E-state index in [4.69, 9.17) is 0 Å². The van der Waals surface area contributed by atoms with E-state index in [0.717, 1.165) is 10.5 Å². The van der Waals surface area contributed by atoms with Crippen LogP contribution in [0.2, 0.25) is 0 Å². The van der Waals surface area contributed by atoms with Crippen LogP contribution < -0.4 is 5.32 Å². The van der Waals surface area contributed by atoms with Gasteiger partial charge in [0.2, 0.25) is 5.91 Å². The van der Waals surface area contributed by atoms with Gasteiger partial charge in [-0.2, -0.15) is 26.3 Å². The predicted octanol–water partition coefficient (Wildman–Crippen LogP) is 6.29. The quantitative estimate of drug-likeness (QED) is 0.413. The zero-order valence-electron chi connectivity index (χ0n) is 19.8. The molecule has 0 spiro atoms. The molecular weight excluding hydrogens is 500 g/mol. The Morgan fingerprint density at radius 2 is 1.51 bits per heavy atom. The zero-order chi connectivity index (χ0) is 27.3. The first-order valence-electron chi connectivity index (χ1n) is 11.1. The number of amides is 2. The highest BCUT2D eigenvalue weighted by molar-refractivity contribution is 6.04. The van der Waals surface area contributed by atoms with Crippen LogP contribution in [0.3, 0.4) is 0 Å². The second-order valence-electron chi connectivity index (χ2n) is 8.93. The summed E-state index contributed by atoms with van der Waals surface area (Å²) in [7, 11) is 1.24. The number of nitrogens with zero attached hydrogens (tertiary/aromatic N) is 2. The van der Waals surface area contributed by atoms with Gasteiger partial charge in [0.15, 0.2) is 0 Å². The molecule has 1 aromatic heterocycles. The lowest BCUT2D eigenvalue weighted by atomic mass is 9.78. The summed E-state index contributed by atoms with van der Waals surface area (Å²) in [5.41, 5.74) is -1.86. The molecule has 0 aliphatic carbocycles. The molecule has 2 atom stereocenters. The molecule has 0 saturated heterocycles. The molecule has 1 N–H and O–H groups in total. The number of likely N-dealkylation sites (N-methyl/N-ethyl adjacent to an activating group) is 1. The van der Waals surface area contributed by atoms with Crippen molar-refractivity contribution in [2.24, 2.45) is 0 Å². The van der Waals surface area contributed by atoms with Gasteiger partial charge in [-0.1, -0.05) is 18.2 Å². The van der Waals surface area contributed by atoms with Gasteiger partial charge in [-0.3, -0.25) is 9.59 Å². The molecule has 194 valence electrons. The number of aryl methyl sites for hydroxylation is 2. The summed E-state index contributed by atoms with van der Waals surface area (Å²) in [5, 5.41) is 2.63. The standard InChI is InChI=1S/C26H21F6N3O2/c1-13-8-14(2)33-20(9-13)34-23(36)21-18-6-4-5-7-19(18)24(37)35(3)22(21)15-10-16(25(27,28)29)12-17(11-15)26(30,31)32/h4-12,21-22H,1-3H3,(H,33,34,36). The van der Waals surface area contributed by atoms with Crippen molar-refractivity contribution in [3.63, 3.8) is 0 Å². The minimum Gasteiger partial charge on any atom is -0.334 e. The molecule has 0 saturated carbocycles. The maximum atomic E-state index is 13.6. The average Bonchev–Trinajstić information content (AvgIpc) is 2.79. The molecule has 11 heteroatoms. The largest absolute Gasteiger partial charge is 0.416 e. The predicted molar refractivity (Wildman–Crippen MR) is 123 cm³/mol. The van der Waals surface area contributed by atoms with E-state index in [0.29, 0.717) is 17.8 Å². The normalized spacial score (nSPS) is 18.0. The fourth-order valence-electron chi connectivity index (χ4n) is 4.63. The highest BCUT2D eigenvalue weighted by Crippen LogP contribution is 2.45. The topological polar surface area (TPSA) is 62.3 Å². The van der Waals surface area contributed by atoms with E-state index >= 15 is 0 Å². The van der Waals surface area contributed by atoms with Crippen LogP contribution in [0.15, 0.2) is 54.6 Å². The molecule has 2 unspecified atom stereocenters. The number of fused-ring (bicyclic) bond motifs is 1. The van der Waals surface area contributed by atoms with E-state index in [2.05, 4.69) is 10.3 Å². The first-order chi connectivity index (χ1) is 17.2. The van der Waals surface area contributed by atoms with Gasteiger partial charge in [0, 0.05) is 18.3 Å². The van der Waals surface area contributed by atoms with Crippen molar-refractivity contribution in [3.8, 4) is 0 Å². The summed E-state index contributed by atoms with van der Waals surface area (Å²) in [4.78, 5) is 32.0. The number of pyridine rings is 1. The first kappa shape index (κ1) is 26.2. The molecular formula is C26H21F6N3O2. The molecule has 37 heavy (non-hydrogen) atoms. The Kier molecular flexibility index (Phi) is 6.51. The molecule has 0 bridgehead atoms. The van der Waals surface area contributed by atoms with Crippen molar-refractivity contribution in [2.75, 3.05) is 12.4 Å². The molecule has 1 aliphatic rings. The van der Waals surface area contributed by atoms with E-state index in [1.807, 2.05) is 0 Å². The summed E-state index contributed by atoms with van der Waals surface area (Å²) in [6.45, 7) is 3.48. The third kappa shape index (κ3) is 5.16. The summed E-state index contributed by atoms with van der Waals surface area (Å²) < 4.78 is 81.6. The zero-order valence-corrected chi connectivity index (χ0v) is 19.8. The summed E-state index contributed by atoms with van der Waals surface area (Å²) in [5.74, 6) is -2.54. The van der Waals surface area contributed by atoms with Crippen LogP contribution in [0.4, 0.5) is 32.2 Å². The van der Waals surface area contributed by atoms with E-state index < -0.39 is 52.8 Å². The molecule has 3 aromatic rings. The van der Waals surface area contributed by atoms with E-state index in [9.17, 15) is 35.9 Å². The second-order valence-corrected chi connectivity index (χ2v) is 8.93. The number of hydrogen-bond donors (Lipinski definition) is 1. The smallest absolute Gasteiger partial charge is 0.334 e. The van der Waals surface area contributed by atoms with Crippen molar-refractivity contribution in [2.45, 2.75) is 38.2 Å². The molecule has 2 amide bonds. The number of hydrogen-bond acceptors (Lipinski definition) is 3. The van der Waals surface area contributed by atoms with Gasteiger partial charge in [-0.25, -0.2) is 4.98 Å². The summed E-state index contributed by atoms with van der Waals surface area (Å²) in [6.07, 6.45) is -10.2. The lowest BCUT2D eigenvalue weighted by molar-refractivity contribution is -0.143. The van der Waals surface area contributed by atoms with Gasteiger partial charge in [0.1, 0.15) is 5.82 Å². The molecule has 2 aromatic carbocycles. The van der Waals surface area contributed by atoms with Crippen molar-refractivity contribution in [1.29, 1.82) is 0 Å². The Morgan fingerprint density at radius 1 is 0.919 bits per heavy atom. The fourth-order valence-corrected chi connectivity index (χ4v) is 4.63. The van der Waals surface area contributed by atoms with Crippen molar-refractivity contribution in [3.05, 3.63) is 93.7 Å². The van der Waals surface area contributed by atoms with Gasteiger partial charge in [-0.15, -0.1) is 0 Å². The van der Waals surface area contributed by atoms with Crippen LogP contribution in [0.5, 0.6) is 0 Å². The van der Waals surface area contributed by atoms with E-state index in [-0.39, 0.29) is 23.0 Å². The monoisotopic (exact) mass is 521 g/mol. The number of benzene rings is 2.